The molecule has 130 valence electrons. The van der Waals surface area contributed by atoms with Gasteiger partial charge in [0.25, 0.3) is 0 Å². The highest BCUT2D eigenvalue weighted by Gasteiger charge is 2.22. The summed E-state index contributed by atoms with van der Waals surface area (Å²) in [6, 6.07) is 0. The minimum atomic E-state index is 0. The number of nitrogens with one attached hydrogen (secondary N) is 2. The van der Waals surface area contributed by atoms with Crippen LogP contribution in [0.15, 0.2) is 0 Å². The van der Waals surface area contributed by atoms with Gasteiger partial charge in [0.1, 0.15) is 0 Å². The molecule has 1 heterocycles. The fourth-order valence-electron chi connectivity index (χ4n) is 4.13. The average molecular weight is 331 g/mol. The van der Waals surface area contributed by atoms with Crippen LogP contribution in [0.1, 0.15) is 65.2 Å². The van der Waals surface area contributed by atoms with Gasteiger partial charge < -0.3 is 10.6 Å². The second kappa shape index (κ2) is 10.5. The van der Waals surface area contributed by atoms with Gasteiger partial charge in [-0.05, 0) is 62.4 Å². The van der Waals surface area contributed by atoms with Crippen LogP contribution in [-0.4, -0.2) is 25.5 Å². The SMILES string of the molecule is CC1CCCC(CCNC(=O)CC(C)C2CCCNC2)C1.Cl. The van der Waals surface area contributed by atoms with Gasteiger partial charge in [-0.25, -0.2) is 0 Å². The summed E-state index contributed by atoms with van der Waals surface area (Å²) in [6.07, 6.45) is 9.92. The van der Waals surface area contributed by atoms with E-state index in [1.807, 2.05) is 0 Å². The topological polar surface area (TPSA) is 41.1 Å². The molecule has 1 saturated carbocycles. The van der Waals surface area contributed by atoms with Crippen molar-refractivity contribution < 1.29 is 4.79 Å². The van der Waals surface area contributed by atoms with E-state index < -0.39 is 0 Å². The highest BCUT2D eigenvalue weighted by molar-refractivity contribution is 5.85. The number of carbonyl (C=O) groups excluding carboxylic acids is 1. The first kappa shape index (κ1) is 19.8. The van der Waals surface area contributed by atoms with Crippen molar-refractivity contribution in [3.63, 3.8) is 0 Å². The highest BCUT2D eigenvalue weighted by atomic mass is 35.5. The Hall–Kier alpha value is -0.280. The molecule has 2 aliphatic rings. The van der Waals surface area contributed by atoms with E-state index >= 15 is 0 Å². The second-order valence-electron chi connectivity index (χ2n) is 7.56. The van der Waals surface area contributed by atoms with Crippen LogP contribution in [0.5, 0.6) is 0 Å². The number of halogens is 1. The summed E-state index contributed by atoms with van der Waals surface area (Å²) in [5.41, 5.74) is 0. The van der Waals surface area contributed by atoms with Crippen molar-refractivity contribution in [2.45, 2.75) is 65.2 Å². The zero-order valence-electron chi connectivity index (χ0n) is 14.4. The highest BCUT2D eigenvalue weighted by Crippen LogP contribution is 2.30. The third-order valence-electron chi connectivity index (χ3n) is 5.57. The Kier molecular flexibility index (Phi) is 9.42. The summed E-state index contributed by atoms with van der Waals surface area (Å²) < 4.78 is 0. The smallest absolute Gasteiger partial charge is 0.220 e. The number of amides is 1. The first-order valence-electron chi connectivity index (χ1n) is 9.12. The van der Waals surface area contributed by atoms with Gasteiger partial charge in [0.05, 0.1) is 0 Å². The summed E-state index contributed by atoms with van der Waals surface area (Å²) in [5.74, 6) is 3.18. The summed E-state index contributed by atoms with van der Waals surface area (Å²) in [6.45, 7) is 7.72. The Morgan fingerprint density at radius 2 is 2.09 bits per heavy atom. The molecule has 0 bridgehead atoms. The molecule has 0 radical (unpaired) electrons. The van der Waals surface area contributed by atoms with E-state index in [4.69, 9.17) is 0 Å². The third kappa shape index (κ3) is 6.87. The van der Waals surface area contributed by atoms with E-state index in [-0.39, 0.29) is 18.3 Å². The minimum absolute atomic E-state index is 0. The summed E-state index contributed by atoms with van der Waals surface area (Å²) in [4.78, 5) is 12.1. The van der Waals surface area contributed by atoms with E-state index in [1.165, 1.54) is 44.9 Å². The molecule has 2 N–H and O–H groups in total. The molecule has 0 aromatic heterocycles. The lowest BCUT2D eigenvalue weighted by Crippen LogP contribution is -2.36. The van der Waals surface area contributed by atoms with Gasteiger partial charge in [-0.15, -0.1) is 12.4 Å². The molecule has 1 amide bonds. The number of piperidine rings is 1. The molecule has 22 heavy (non-hydrogen) atoms. The van der Waals surface area contributed by atoms with Crippen LogP contribution in [0.4, 0.5) is 0 Å². The van der Waals surface area contributed by atoms with E-state index in [2.05, 4.69) is 24.5 Å². The molecule has 1 aliphatic heterocycles. The zero-order valence-corrected chi connectivity index (χ0v) is 15.2. The van der Waals surface area contributed by atoms with Gasteiger partial charge in [-0.1, -0.05) is 33.1 Å². The van der Waals surface area contributed by atoms with Gasteiger partial charge in [-0.2, -0.15) is 0 Å². The molecule has 4 unspecified atom stereocenters. The average Bonchev–Trinajstić information content (AvgIpc) is 2.48. The van der Waals surface area contributed by atoms with Gasteiger partial charge >= 0.3 is 0 Å². The van der Waals surface area contributed by atoms with Crippen molar-refractivity contribution >= 4 is 18.3 Å². The van der Waals surface area contributed by atoms with E-state index in [1.54, 1.807) is 0 Å². The first-order valence-corrected chi connectivity index (χ1v) is 9.12. The molecule has 0 spiro atoms. The van der Waals surface area contributed by atoms with Crippen LogP contribution in [0.2, 0.25) is 0 Å². The molecule has 2 rings (SSSR count). The Balaban J connectivity index is 0.00000242. The zero-order chi connectivity index (χ0) is 15.1. The van der Waals surface area contributed by atoms with Crippen LogP contribution < -0.4 is 10.6 Å². The van der Waals surface area contributed by atoms with E-state index in [0.29, 0.717) is 18.3 Å². The van der Waals surface area contributed by atoms with E-state index in [0.717, 1.165) is 31.5 Å². The first-order chi connectivity index (χ1) is 10.1. The molecule has 0 aromatic rings. The maximum absolute atomic E-state index is 12.1. The Morgan fingerprint density at radius 3 is 2.77 bits per heavy atom. The molecule has 1 saturated heterocycles. The standard InChI is InChI=1S/C18H34N2O.ClH/c1-14-5-3-6-16(11-14)8-10-20-18(21)12-15(2)17-7-4-9-19-13-17;/h14-17,19H,3-13H2,1-2H3,(H,20,21);1H. The predicted octanol–water partition coefficient (Wildman–Crippen LogP) is 3.77. The van der Waals surface area contributed by atoms with Crippen molar-refractivity contribution in [3.8, 4) is 0 Å². The summed E-state index contributed by atoms with van der Waals surface area (Å²) >= 11 is 0. The molecular weight excluding hydrogens is 296 g/mol. The molecular formula is C18H35ClN2O. The number of hydrogen-bond acceptors (Lipinski definition) is 2. The van der Waals surface area contributed by atoms with Crippen molar-refractivity contribution in [1.82, 2.24) is 10.6 Å². The third-order valence-corrected chi connectivity index (χ3v) is 5.57. The maximum atomic E-state index is 12.1. The van der Waals surface area contributed by atoms with Gasteiger partial charge in [-0.3, -0.25) is 4.79 Å². The van der Waals surface area contributed by atoms with Crippen molar-refractivity contribution in [2.75, 3.05) is 19.6 Å². The molecule has 4 heteroatoms. The van der Waals surface area contributed by atoms with Gasteiger partial charge in [0, 0.05) is 13.0 Å². The molecule has 0 aromatic carbocycles. The molecule has 2 fully saturated rings. The monoisotopic (exact) mass is 330 g/mol. The summed E-state index contributed by atoms with van der Waals surface area (Å²) in [7, 11) is 0. The van der Waals surface area contributed by atoms with Gasteiger partial charge in [0.2, 0.25) is 5.91 Å². The lowest BCUT2D eigenvalue weighted by Gasteiger charge is -2.28. The largest absolute Gasteiger partial charge is 0.356 e. The normalized spacial score (nSPS) is 30.2. The van der Waals surface area contributed by atoms with Crippen LogP contribution in [-0.2, 0) is 4.79 Å². The van der Waals surface area contributed by atoms with Crippen molar-refractivity contribution in [1.29, 1.82) is 0 Å². The quantitative estimate of drug-likeness (QED) is 0.778. The van der Waals surface area contributed by atoms with Crippen LogP contribution in [0.25, 0.3) is 0 Å². The second-order valence-corrected chi connectivity index (χ2v) is 7.56. The van der Waals surface area contributed by atoms with E-state index in [9.17, 15) is 4.79 Å². The summed E-state index contributed by atoms with van der Waals surface area (Å²) in [5, 5.41) is 6.60. The Labute approximate surface area is 142 Å². The van der Waals surface area contributed by atoms with Gasteiger partial charge in [0.15, 0.2) is 0 Å². The van der Waals surface area contributed by atoms with Crippen molar-refractivity contribution in [2.24, 2.45) is 23.7 Å². The van der Waals surface area contributed by atoms with Crippen LogP contribution in [0, 0.1) is 23.7 Å². The minimum Gasteiger partial charge on any atom is -0.356 e. The number of carbonyl (C=O) groups is 1. The molecule has 3 nitrogen and oxygen atoms in total. The van der Waals surface area contributed by atoms with Crippen LogP contribution in [0.3, 0.4) is 0 Å². The molecule has 1 aliphatic carbocycles. The van der Waals surface area contributed by atoms with Crippen LogP contribution >= 0.6 is 12.4 Å². The Bertz CT molecular complexity index is 318. The lowest BCUT2D eigenvalue weighted by molar-refractivity contribution is -0.122. The lowest BCUT2D eigenvalue weighted by atomic mass is 9.81. The predicted molar refractivity (Wildman–Crippen MR) is 95.4 cm³/mol. The maximum Gasteiger partial charge on any atom is 0.220 e. The number of hydrogen-bond donors (Lipinski definition) is 2. The molecule has 4 atom stereocenters. The fraction of sp³-hybridized carbons (Fsp3) is 0.944. The number of rotatable bonds is 6. The fourth-order valence-corrected chi connectivity index (χ4v) is 4.13. The Morgan fingerprint density at radius 1 is 1.27 bits per heavy atom. The van der Waals surface area contributed by atoms with Crippen molar-refractivity contribution in [3.05, 3.63) is 0 Å².